The van der Waals surface area contributed by atoms with E-state index in [0.29, 0.717) is 0 Å². The van der Waals surface area contributed by atoms with Crippen LogP contribution in [0.2, 0.25) is 5.02 Å². The molecule has 0 bridgehead atoms. The van der Waals surface area contributed by atoms with E-state index < -0.39 is 0 Å². The molecule has 0 atom stereocenters. The average Bonchev–Trinajstić information content (AvgIpc) is 2.38. The van der Waals surface area contributed by atoms with Crippen molar-refractivity contribution >= 4 is 17.4 Å². The summed E-state index contributed by atoms with van der Waals surface area (Å²) in [5, 5.41) is 3.83. The van der Waals surface area contributed by atoms with Crippen molar-refractivity contribution in [3.8, 4) is 11.4 Å². The Kier molecular flexibility index (Phi) is 4.38. The maximum atomic E-state index is 5.99. The van der Waals surface area contributed by atoms with Crippen LogP contribution in [-0.4, -0.2) is 17.0 Å². The number of halogens is 1. The van der Waals surface area contributed by atoms with Crippen LogP contribution < -0.4 is 5.32 Å². The van der Waals surface area contributed by atoms with Gasteiger partial charge < -0.3 is 5.32 Å². The number of anilines is 1. The van der Waals surface area contributed by atoms with Gasteiger partial charge in [0.25, 0.3) is 0 Å². The Morgan fingerprint density at radius 1 is 1.21 bits per heavy atom. The highest BCUT2D eigenvalue weighted by atomic mass is 35.5. The Hall–Kier alpha value is -1.61. The molecule has 0 unspecified atom stereocenters. The van der Waals surface area contributed by atoms with Crippen LogP contribution >= 0.6 is 11.6 Å². The zero-order valence-electron chi connectivity index (χ0n) is 11.5. The summed E-state index contributed by atoms with van der Waals surface area (Å²) in [6, 6.07) is 7.78. The van der Waals surface area contributed by atoms with E-state index in [-0.39, 0.29) is 0 Å². The van der Waals surface area contributed by atoms with Crippen molar-refractivity contribution in [1.82, 2.24) is 9.97 Å². The van der Waals surface area contributed by atoms with Crippen LogP contribution in [-0.2, 0) is 6.42 Å². The van der Waals surface area contributed by atoms with Gasteiger partial charge in [-0.05, 0) is 37.1 Å². The highest BCUT2D eigenvalue weighted by Crippen LogP contribution is 2.24. The van der Waals surface area contributed by atoms with Crippen LogP contribution in [0.4, 0.5) is 5.82 Å². The Bertz CT molecular complexity index is 582. The predicted octanol–water partition coefficient (Wildman–Crippen LogP) is 4.10. The molecule has 0 radical (unpaired) electrons. The van der Waals surface area contributed by atoms with Gasteiger partial charge in [0.1, 0.15) is 5.82 Å². The molecule has 0 saturated carbocycles. The first-order valence-corrected chi connectivity index (χ1v) is 6.84. The standard InChI is InChI=1S/C15H18ClN3/c1-4-5-12-9-14(17-3)19-15(18-12)13-7-6-11(16)8-10(13)2/h6-9H,4-5H2,1-3H3,(H,17,18,19). The number of hydrogen-bond donors (Lipinski definition) is 1. The fraction of sp³-hybridized carbons (Fsp3) is 0.333. The van der Waals surface area contributed by atoms with Crippen molar-refractivity contribution in [2.24, 2.45) is 0 Å². The molecular formula is C15H18ClN3. The van der Waals surface area contributed by atoms with Gasteiger partial charge in [-0.15, -0.1) is 0 Å². The molecule has 2 rings (SSSR count). The highest BCUT2D eigenvalue weighted by molar-refractivity contribution is 6.30. The fourth-order valence-corrected chi connectivity index (χ4v) is 2.23. The highest BCUT2D eigenvalue weighted by Gasteiger charge is 2.09. The Morgan fingerprint density at radius 3 is 2.63 bits per heavy atom. The number of nitrogens with zero attached hydrogens (tertiary/aromatic N) is 2. The quantitative estimate of drug-likeness (QED) is 0.913. The minimum absolute atomic E-state index is 0.736. The largest absolute Gasteiger partial charge is 0.373 e. The summed E-state index contributed by atoms with van der Waals surface area (Å²) in [6.07, 6.45) is 2.02. The van der Waals surface area contributed by atoms with Crippen LogP contribution in [0.25, 0.3) is 11.4 Å². The molecule has 0 aliphatic carbocycles. The lowest BCUT2D eigenvalue weighted by Gasteiger charge is -2.09. The molecule has 0 amide bonds. The van der Waals surface area contributed by atoms with Gasteiger partial charge in [0.2, 0.25) is 0 Å². The molecule has 0 spiro atoms. The van der Waals surface area contributed by atoms with Gasteiger partial charge in [0.15, 0.2) is 5.82 Å². The molecule has 0 aliphatic rings. The average molecular weight is 276 g/mol. The summed E-state index contributed by atoms with van der Waals surface area (Å²) < 4.78 is 0. The van der Waals surface area contributed by atoms with E-state index in [4.69, 9.17) is 11.6 Å². The van der Waals surface area contributed by atoms with Crippen molar-refractivity contribution in [3.63, 3.8) is 0 Å². The number of aryl methyl sites for hydroxylation is 2. The first-order chi connectivity index (χ1) is 9.13. The molecule has 3 nitrogen and oxygen atoms in total. The van der Waals surface area contributed by atoms with Crippen molar-refractivity contribution in [2.75, 3.05) is 12.4 Å². The summed E-state index contributed by atoms with van der Waals surface area (Å²) >= 11 is 5.99. The van der Waals surface area contributed by atoms with Gasteiger partial charge in [0, 0.05) is 29.4 Å². The molecule has 1 heterocycles. The second kappa shape index (κ2) is 6.02. The van der Waals surface area contributed by atoms with E-state index in [9.17, 15) is 0 Å². The van der Waals surface area contributed by atoms with E-state index >= 15 is 0 Å². The van der Waals surface area contributed by atoms with E-state index in [2.05, 4.69) is 22.2 Å². The van der Waals surface area contributed by atoms with Gasteiger partial charge in [0.05, 0.1) is 0 Å². The van der Waals surface area contributed by atoms with E-state index in [1.807, 2.05) is 38.2 Å². The van der Waals surface area contributed by atoms with Crippen LogP contribution in [0.1, 0.15) is 24.6 Å². The van der Waals surface area contributed by atoms with Crippen molar-refractivity contribution in [3.05, 3.63) is 40.5 Å². The molecule has 0 saturated heterocycles. The number of hydrogen-bond acceptors (Lipinski definition) is 3. The van der Waals surface area contributed by atoms with Gasteiger partial charge >= 0.3 is 0 Å². The van der Waals surface area contributed by atoms with Crippen LogP contribution in [0, 0.1) is 6.92 Å². The monoisotopic (exact) mass is 275 g/mol. The number of aromatic nitrogens is 2. The summed E-state index contributed by atoms with van der Waals surface area (Å²) in [6.45, 7) is 4.17. The van der Waals surface area contributed by atoms with Crippen LogP contribution in [0.5, 0.6) is 0 Å². The molecule has 4 heteroatoms. The first kappa shape index (κ1) is 13.8. The molecule has 1 aromatic heterocycles. The smallest absolute Gasteiger partial charge is 0.162 e. The number of rotatable bonds is 4. The molecule has 1 aromatic carbocycles. The number of benzene rings is 1. The Balaban J connectivity index is 2.51. The zero-order chi connectivity index (χ0) is 13.8. The third-order valence-corrected chi connectivity index (χ3v) is 3.21. The SMILES string of the molecule is CCCc1cc(NC)nc(-c2ccc(Cl)cc2C)n1. The van der Waals surface area contributed by atoms with Crippen molar-refractivity contribution in [2.45, 2.75) is 26.7 Å². The molecule has 100 valence electrons. The van der Waals surface area contributed by atoms with Crippen molar-refractivity contribution in [1.29, 1.82) is 0 Å². The molecule has 2 aromatic rings. The van der Waals surface area contributed by atoms with Gasteiger partial charge in [-0.2, -0.15) is 0 Å². The Morgan fingerprint density at radius 2 is 2.00 bits per heavy atom. The molecule has 0 aliphatic heterocycles. The lowest BCUT2D eigenvalue weighted by molar-refractivity contribution is 0.876. The maximum absolute atomic E-state index is 5.99. The number of nitrogens with one attached hydrogen (secondary N) is 1. The normalized spacial score (nSPS) is 10.5. The lowest BCUT2D eigenvalue weighted by Crippen LogP contribution is -2.01. The summed E-state index contributed by atoms with van der Waals surface area (Å²) in [7, 11) is 1.87. The maximum Gasteiger partial charge on any atom is 0.162 e. The minimum atomic E-state index is 0.736. The van der Waals surface area contributed by atoms with Crippen LogP contribution in [0.3, 0.4) is 0 Å². The van der Waals surface area contributed by atoms with Crippen molar-refractivity contribution < 1.29 is 0 Å². The van der Waals surface area contributed by atoms with Gasteiger partial charge in [-0.1, -0.05) is 24.9 Å². The zero-order valence-corrected chi connectivity index (χ0v) is 12.3. The van der Waals surface area contributed by atoms with Crippen LogP contribution in [0.15, 0.2) is 24.3 Å². The molecule has 1 N–H and O–H groups in total. The minimum Gasteiger partial charge on any atom is -0.373 e. The fourth-order valence-electron chi connectivity index (χ4n) is 2.01. The summed E-state index contributed by atoms with van der Waals surface area (Å²) in [5.41, 5.74) is 3.17. The topological polar surface area (TPSA) is 37.8 Å². The first-order valence-electron chi connectivity index (χ1n) is 6.46. The van der Waals surface area contributed by atoms with Gasteiger partial charge in [-0.25, -0.2) is 9.97 Å². The third kappa shape index (κ3) is 3.24. The molecule has 19 heavy (non-hydrogen) atoms. The van der Waals surface area contributed by atoms with E-state index in [1.165, 1.54) is 0 Å². The Labute approximate surface area is 119 Å². The summed E-state index contributed by atoms with van der Waals surface area (Å²) in [5.74, 6) is 1.60. The molecular weight excluding hydrogens is 258 g/mol. The van der Waals surface area contributed by atoms with E-state index in [0.717, 1.165) is 46.3 Å². The second-order valence-electron chi connectivity index (χ2n) is 4.53. The van der Waals surface area contributed by atoms with Gasteiger partial charge in [-0.3, -0.25) is 0 Å². The predicted molar refractivity (Wildman–Crippen MR) is 80.8 cm³/mol. The lowest BCUT2D eigenvalue weighted by atomic mass is 10.1. The molecule has 0 fully saturated rings. The second-order valence-corrected chi connectivity index (χ2v) is 4.96. The summed E-state index contributed by atoms with van der Waals surface area (Å²) in [4.78, 5) is 9.17. The third-order valence-electron chi connectivity index (χ3n) is 2.97. The van der Waals surface area contributed by atoms with E-state index in [1.54, 1.807) is 0 Å².